The molecule has 1 aromatic rings. The van der Waals surface area contributed by atoms with Gasteiger partial charge >= 0.3 is 0 Å². The monoisotopic (exact) mass is 288 g/mol. The van der Waals surface area contributed by atoms with E-state index < -0.39 is 0 Å². The number of ether oxygens (including phenoxy) is 1. The molecule has 0 saturated heterocycles. The maximum absolute atomic E-state index is 9.58. The van der Waals surface area contributed by atoms with Crippen LogP contribution >= 0.6 is 0 Å². The summed E-state index contributed by atoms with van der Waals surface area (Å²) in [6.45, 7) is 1.17. The van der Waals surface area contributed by atoms with E-state index in [4.69, 9.17) is 4.74 Å². The molecule has 1 fully saturated rings. The van der Waals surface area contributed by atoms with Crippen LogP contribution in [0.1, 0.15) is 25.7 Å². The van der Waals surface area contributed by atoms with Crippen molar-refractivity contribution in [2.75, 3.05) is 25.3 Å². The third-order valence-corrected chi connectivity index (χ3v) is 4.69. The van der Waals surface area contributed by atoms with E-state index in [1.54, 1.807) is 7.11 Å². The molecule has 4 nitrogen and oxygen atoms in total. The first-order valence-corrected chi connectivity index (χ1v) is 7.77. The van der Waals surface area contributed by atoms with Gasteiger partial charge in [0.1, 0.15) is 5.75 Å². The van der Waals surface area contributed by atoms with Gasteiger partial charge in [-0.05, 0) is 37.1 Å². The predicted octanol–water partition coefficient (Wildman–Crippen LogP) is 2.80. The lowest BCUT2D eigenvalue weighted by Gasteiger charge is -2.37. The minimum atomic E-state index is 0.303. The Morgan fingerprint density at radius 1 is 1.14 bits per heavy atom. The van der Waals surface area contributed by atoms with Gasteiger partial charge in [0.25, 0.3) is 0 Å². The van der Waals surface area contributed by atoms with Crippen LogP contribution in [0.4, 0.5) is 5.69 Å². The van der Waals surface area contributed by atoms with E-state index >= 15 is 0 Å². The largest absolute Gasteiger partial charge is 0.497 e. The van der Waals surface area contributed by atoms with Crippen molar-refractivity contribution in [2.45, 2.75) is 31.7 Å². The van der Waals surface area contributed by atoms with Crippen LogP contribution in [0.25, 0.3) is 0 Å². The number of aliphatic hydroxyl groups is 1. The predicted molar refractivity (Wildman–Crippen MR) is 84.2 cm³/mol. The van der Waals surface area contributed by atoms with Gasteiger partial charge in [-0.3, -0.25) is 0 Å². The first-order valence-electron chi connectivity index (χ1n) is 7.77. The second-order valence-corrected chi connectivity index (χ2v) is 5.92. The molecule has 0 spiro atoms. The fraction of sp³-hybridized carbons (Fsp3) is 0.529. The van der Waals surface area contributed by atoms with Gasteiger partial charge in [-0.25, -0.2) is 0 Å². The Hall–Kier alpha value is -1.68. The number of benzene rings is 1. The van der Waals surface area contributed by atoms with E-state index in [0.717, 1.165) is 18.8 Å². The lowest BCUT2D eigenvalue weighted by atomic mass is 9.84. The molecule has 1 N–H and O–H groups in total. The zero-order valence-electron chi connectivity index (χ0n) is 12.6. The molecule has 0 aromatic heterocycles. The summed E-state index contributed by atoms with van der Waals surface area (Å²) < 4.78 is 5.20. The van der Waals surface area contributed by atoms with Gasteiger partial charge in [-0.1, -0.05) is 12.8 Å². The number of hydrogen-bond acceptors (Lipinski definition) is 4. The smallest absolute Gasteiger partial charge is 0.119 e. The molecule has 1 aromatic carbocycles. The molecular weight excluding hydrogens is 264 g/mol. The van der Waals surface area contributed by atoms with Crippen LogP contribution < -0.4 is 9.64 Å². The van der Waals surface area contributed by atoms with Crippen LogP contribution in [0, 0.1) is 5.92 Å². The Kier molecular flexibility index (Phi) is 4.34. The third kappa shape index (κ3) is 3.00. The maximum atomic E-state index is 9.58. The first kappa shape index (κ1) is 14.3. The zero-order valence-corrected chi connectivity index (χ0v) is 12.6. The Bertz CT molecular complexity index is 486. The highest BCUT2D eigenvalue weighted by molar-refractivity contribution is 5.52. The van der Waals surface area contributed by atoms with Crippen LogP contribution in [-0.4, -0.2) is 36.4 Å². The van der Waals surface area contributed by atoms with E-state index in [0.29, 0.717) is 18.6 Å². The second kappa shape index (κ2) is 6.39. The van der Waals surface area contributed by atoms with Gasteiger partial charge in [-0.2, -0.15) is 0 Å². The molecule has 3 rings (SSSR count). The van der Waals surface area contributed by atoms with Crippen molar-refractivity contribution >= 4 is 5.69 Å². The van der Waals surface area contributed by atoms with Gasteiger partial charge in [0.2, 0.25) is 0 Å². The Labute approximate surface area is 126 Å². The summed E-state index contributed by atoms with van der Waals surface area (Å²) >= 11 is 0. The molecule has 114 valence electrons. The number of methoxy groups -OCH3 is 1. The van der Waals surface area contributed by atoms with Crippen molar-refractivity contribution in [1.29, 1.82) is 0 Å². The topological polar surface area (TPSA) is 35.9 Å². The van der Waals surface area contributed by atoms with E-state index in [1.807, 2.05) is 12.1 Å². The molecule has 0 bridgehead atoms. The summed E-state index contributed by atoms with van der Waals surface area (Å²) in [7, 11) is 1.69. The number of anilines is 1. The zero-order chi connectivity index (χ0) is 14.7. The molecule has 2 aliphatic rings. The summed E-state index contributed by atoms with van der Waals surface area (Å²) in [5, 5.41) is 9.58. The lowest BCUT2D eigenvalue weighted by molar-refractivity contribution is 0.0999. The van der Waals surface area contributed by atoms with Gasteiger partial charge in [-0.15, -0.1) is 0 Å². The molecule has 0 amide bonds. The summed E-state index contributed by atoms with van der Waals surface area (Å²) in [4.78, 5) is 4.62. The quantitative estimate of drug-likeness (QED) is 0.924. The lowest BCUT2D eigenvalue weighted by Crippen LogP contribution is -2.42. The third-order valence-electron chi connectivity index (χ3n) is 4.69. The van der Waals surface area contributed by atoms with Crippen molar-refractivity contribution in [1.82, 2.24) is 4.90 Å². The van der Waals surface area contributed by atoms with Crippen LogP contribution in [0.2, 0.25) is 0 Å². The summed E-state index contributed by atoms with van der Waals surface area (Å²) in [5.41, 5.74) is 1.17. The van der Waals surface area contributed by atoms with Gasteiger partial charge in [0.15, 0.2) is 0 Å². The number of aliphatic hydroxyl groups excluding tert-OH is 1. The molecule has 1 aliphatic carbocycles. The maximum Gasteiger partial charge on any atom is 0.119 e. The summed E-state index contributed by atoms with van der Waals surface area (Å²) in [6.07, 6.45) is 9.16. The first-order chi connectivity index (χ1) is 10.3. The normalized spacial score (nSPS) is 25.4. The minimum absolute atomic E-state index is 0.303. The second-order valence-electron chi connectivity index (χ2n) is 5.92. The fourth-order valence-electron chi connectivity index (χ4n) is 3.43. The number of rotatable bonds is 4. The SMILES string of the molecule is COc1ccc(N2C=CN(C3CCCCC3CO)C2)cc1. The Balaban J connectivity index is 1.66. The highest BCUT2D eigenvalue weighted by Crippen LogP contribution is 2.31. The van der Waals surface area contributed by atoms with Crippen LogP contribution in [-0.2, 0) is 0 Å². The van der Waals surface area contributed by atoms with E-state index in [-0.39, 0.29) is 0 Å². The molecular formula is C17H24N2O2. The molecule has 0 radical (unpaired) electrons. The number of nitrogens with zero attached hydrogens (tertiary/aromatic N) is 2. The molecule has 2 atom stereocenters. The molecule has 2 unspecified atom stereocenters. The van der Waals surface area contributed by atoms with Crippen molar-refractivity contribution in [2.24, 2.45) is 5.92 Å². The van der Waals surface area contributed by atoms with Crippen molar-refractivity contribution in [3.63, 3.8) is 0 Å². The van der Waals surface area contributed by atoms with E-state index in [9.17, 15) is 5.11 Å². The summed E-state index contributed by atoms with van der Waals surface area (Å²) in [5.74, 6) is 1.30. The van der Waals surface area contributed by atoms with Gasteiger partial charge < -0.3 is 19.6 Å². The van der Waals surface area contributed by atoms with Crippen LogP contribution in [0.5, 0.6) is 5.75 Å². The van der Waals surface area contributed by atoms with Crippen molar-refractivity contribution in [3.8, 4) is 5.75 Å². The molecule has 21 heavy (non-hydrogen) atoms. The minimum Gasteiger partial charge on any atom is -0.497 e. The molecule has 1 heterocycles. The van der Waals surface area contributed by atoms with Crippen molar-refractivity contribution in [3.05, 3.63) is 36.7 Å². The van der Waals surface area contributed by atoms with E-state index in [2.05, 4.69) is 34.3 Å². The molecule has 1 aliphatic heterocycles. The van der Waals surface area contributed by atoms with Gasteiger partial charge in [0, 0.05) is 36.7 Å². The number of hydrogen-bond donors (Lipinski definition) is 1. The average molecular weight is 288 g/mol. The highest BCUT2D eigenvalue weighted by atomic mass is 16.5. The Morgan fingerprint density at radius 3 is 2.62 bits per heavy atom. The van der Waals surface area contributed by atoms with Crippen molar-refractivity contribution < 1.29 is 9.84 Å². The molecule has 4 heteroatoms. The highest BCUT2D eigenvalue weighted by Gasteiger charge is 2.30. The average Bonchev–Trinajstić information content (AvgIpc) is 3.04. The standard InChI is InChI=1S/C17H24N2O2/c1-21-16-8-6-15(7-9-16)18-10-11-19(13-18)17-5-3-2-4-14(17)12-20/h6-11,14,17,20H,2-5,12-13H2,1H3. The van der Waals surface area contributed by atoms with Crippen LogP contribution in [0.3, 0.4) is 0 Å². The summed E-state index contributed by atoms with van der Waals surface area (Å²) in [6, 6.07) is 8.61. The molecule has 1 saturated carbocycles. The Morgan fingerprint density at radius 2 is 1.90 bits per heavy atom. The van der Waals surface area contributed by atoms with Gasteiger partial charge in [0.05, 0.1) is 13.8 Å². The fourth-order valence-corrected chi connectivity index (χ4v) is 3.43. The van der Waals surface area contributed by atoms with E-state index in [1.165, 1.54) is 24.9 Å². The van der Waals surface area contributed by atoms with Crippen LogP contribution in [0.15, 0.2) is 36.7 Å².